The summed E-state index contributed by atoms with van der Waals surface area (Å²) in [5.41, 5.74) is 10.5. The van der Waals surface area contributed by atoms with Crippen LogP contribution in [0.15, 0.2) is 43.0 Å². The maximum atomic E-state index is 12.1. The summed E-state index contributed by atoms with van der Waals surface area (Å²) >= 11 is 0. The Morgan fingerprint density at radius 3 is 2.52 bits per heavy atom. The summed E-state index contributed by atoms with van der Waals surface area (Å²) in [7, 11) is 0. The van der Waals surface area contributed by atoms with Crippen LogP contribution in [0.5, 0.6) is 0 Å². The van der Waals surface area contributed by atoms with Gasteiger partial charge >= 0.3 is 0 Å². The van der Waals surface area contributed by atoms with Gasteiger partial charge in [-0.1, -0.05) is 56.2 Å². The molecule has 2 aromatic rings. The molecular formula is C20H26N2O. The number of carbonyl (C=O) groups excluding carboxylic acids is 1. The van der Waals surface area contributed by atoms with Crippen LogP contribution in [0.2, 0.25) is 0 Å². The molecule has 0 unspecified atom stereocenters. The Bertz CT molecular complexity index is 683. The number of primary amides is 1. The van der Waals surface area contributed by atoms with Crippen LogP contribution in [0.4, 0.5) is 0 Å². The lowest BCUT2D eigenvalue weighted by atomic mass is 9.97. The highest BCUT2D eigenvalue weighted by Crippen LogP contribution is 2.33. The number of amides is 1. The molecule has 1 aromatic heterocycles. The Kier molecular flexibility index (Phi) is 5.80. The molecule has 1 heterocycles. The van der Waals surface area contributed by atoms with Crippen molar-refractivity contribution in [2.45, 2.75) is 46.1 Å². The number of unbranched alkanes of at least 4 members (excludes halogenated alkanes) is 2. The van der Waals surface area contributed by atoms with Gasteiger partial charge < -0.3 is 10.3 Å². The van der Waals surface area contributed by atoms with Crippen LogP contribution in [0.3, 0.4) is 0 Å². The van der Waals surface area contributed by atoms with Crippen LogP contribution in [0, 0.1) is 6.92 Å². The zero-order valence-electron chi connectivity index (χ0n) is 14.1. The first kappa shape index (κ1) is 17.1. The number of benzene rings is 1. The van der Waals surface area contributed by atoms with Crippen molar-refractivity contribution in [2.75, 3.05) is 0 Å². The molecule has 0 aliphatic rings. The maximum Gasteiger partial charge on any atom is 0.251 e. The van der Waals surface area contributed by atoms with Crippen molar-refractivity contribution in [3.63, 3.8) is 0 Å². The Balaban J connectivity index is 2.65. The number of aromatic nitrogens is 1. The SMILES string of the molecule is C=CCn1c(C)c(C(N)=O)c(-c2ccccc2)c1CCCCC. The molecule has 0 aliphatic heterocycles. The van der Waals surface area contributed by atoms with E-state index in [1.54, 1.807) is 0 Å². The van der Waals surface area contributed by atoms with Crippen molar-refractivity contribution in [2.24, 2.45) is 5.73 Å². The van der Waals surface area contributed by atoms with Crippen molar-refractivity contribution in [3.05, 3.63) is 59.9 Å². The van der Waals surface area contributed by atoms with Crippen molar-refractivity contribution >= 4 is 5.91 Å². The summed E-state index contributed by atoms with van der Waals surface area (Å²) in [5, 5.41) is 0. The minimum atomic E-state index is -0.360. The predicted octanol–water partition coefficient (Wildman–Crippen LogP) is 4.48. The van der Waals surface area contributed by atoms with E-state index >= 15 is 0 Å². The second kappa shape index (κ2) is 7.82. The van der Waals surface area contributed by atoms with E-state index in [2.05, 4.69) is 18.1 Å². The van der Waals surface area contributed by atoms with E-state index in [1.165, 1.54) is 18.5 Å². The standard InChI is InChI=1S/C20H26N2O/c1-4-6-8-13-17-19(16-11-9-7-10-12-16)18(20(21)23)15(3)22(17)14-5-2/h5,7,9-12H,2,4,6,8,13-14H2,1,3H3,(H2,21,23). The number of allylic oxidation sites excluding steroid dienone is 1. The van der Waals surface area contributed by atoms with Gasteiger partial charge in [0.25, 0.3) is 5.91 Å². The molecule has 2 rings (SSSR count). The number of nitrogens with two attached hydrogens (primary N) is 1. The third-order valence-corrected chi connectivity index (χ3v) is 4.27. The van der Waals surface area contributed by atoms with Gasteiger partial charge in [0.2, 0.25) is 0 Å². The van der Waals surface area contributed by atoms with E-state index in [9.17, 15) is 4.79 Å². The van der Waals surface area contributed by atoms with Gasteiger partial charge in [-0.25, -0.2) is 0 Å². The first-order valence-electron chi connectivity index (χ1n) is 8.29. The van der Waals surface area contributed by atoms with Crippen LogP contribution in [0.25, 0.3) is 11.1 Å². The molecular weight excluding hydrogens is 284 g/mol. The van der Waals surface area contributed by atoms with Crippen molar-refractivity contribution in [1.29, 1.82) is 0 Å². The van der Waals surface area contributed by atoms with Crippen LogP contribution in [-0.4, -0.2) is 10.5 Å². The number of hydrogen-bond donors (Lipinski definition) is 1. The summed E-state index contributed by atoms with van der Waals surface area (Å²) in [4.78, 5) is 12.1. The topological polar surface area (TPSA) is 48.0 Å². The quantitative estimate of drug-likeness (QED) is 0.567. The van der Waals surface area contributed by atoms with E-state index in [-0.39, 0.29) is 5.91 Å². The first-order valence-corrected chi connectivity index (χ1v) is 8.29. The van der Waals surface area contributed by atoms with E-state index in [0.29, 0.717) is 12.1 Å². The van der Waals surface area contributed by atoms with E-state index < -0.39 is 0 Å². The fourth-order valence-corrected chi connectivity index (χ4v) is 3.19. The Hall–Kier alpha value is -2.29. The molecule has 0 spiro atoms. The minimum Gasteiger partial charge on any atom is -0.366 e. The molecule has 1 amide bonds. The summed E-state index contributed by atoms with van der Waals surface area (Å²) < 4.78 is 2.19. The monoisotopic (exact) mass is 310 g/mol. The number of nitrogens with zero attached hydrogens (tertiary/aromatic N) is 1. The van der Waals surface area contributed by atoms with Gasteiger partial charge in [-0.2, -0.15) is 0 Å². The van der Waals surface area contributed by atoms with Crippen LogP contribution in [0.1, 0.15) is 47.9 Å². The van der Waals surface area contributed by atoms with E-state index in [1.807, 2.05) is 43.3 Å². The molecule has 3 heteroatoms. The average molecular weight is 310 g/mol. The van der Waals surface area contributed by atoms with Crippen LogP contribution < -0.4 is 5.73 Å². The van der Waals surface area contributed by atoms with E-state index in [0.717, 1.165) is 29.7 Å². The highest BCUT2D eigenvalue weighted by atomic mass is 16.1. The van der Waals surface area contributed by atoms with Crippen molar-refractivity contribution in [3.8, 4) is 11.1 Å². The smallest absolute Gasteiger partial charge is 0.251 e. The lowest BCUT2D eigenvalue weighted by Crippen LogP contribution is -2.13. The second-order valence-corrected chi connectivity index (χ2v) is 5.87. The molecule has 0 aliphatic carbocycles. The predicted molar refractivity (Wildman–Crippen MR) is 96.5 cm³/mol. The van der Waals surface area contributed by atoms with Gasteiger partial charge in [0.1, 0.15) is 0 Å². The molecule has 0 saturated carbocycles. The molecule has 0 saturated heterocycles. The number of rotatable bonds is 8. The summed E-state index contributed by atoms with van der Waals surface area (Å²) in [6.07, 6.45) is 6.27. The van der Waals surface area contributed by atoms with Gasteiger partial charge in [0, 0.05) is 23.5 Å². The Morgan fingerprint density at radius 1 is 1.26 bits per heavy atom. The van der Waals surface area contributed by atoms with Crippen LogP contribution in [-0.2, 0) is 13.0 Å². The fraction of sp³-hybridized carbons (Fsp3) is 0.350. The molecule has 0 radical (unpaired) electrons. The minimum absolute atomic E-state index is 0.360. The zero-order valence-corrected chi connectivity index (χ0v) is 14.1. The molecule has 3 nitrogen and oxygen atoms in total. The summed E-state index contributed by atoms with van der Waals surface area (Å²) in [5.74, 6) is -0.360. The normalized spacial score (nSPS) is 10.7. The molecule has 23 heavy (non-hydrogen) atoms. The first-order chi connectivity index (χ1) is 11.1. The molecule has 122 valence electrons. The van der Waals surface area contributed by atoms with Gasteiger partial charge in [-0.05, 0) is 25.3 Å². The summed E-state index contributed by atoms with van der Waals surface area (Å²) in [6.45, 7) is 8.72. The largest absolute Gasteiger partial charge is 0.366 e. The van der Waals surface area contributed by atoms with Crippen molar-refractivity contribution in [1.82, 2.24) is 4.57 Å². The lowest BCUT2D eigenvalue weighted by Gasteiger charge is -2.11. The third kappa shape index (κ3) is 3.55. The summed E-state index contributed by atoms with van der Waals surface area (Å²) in [6, 6.07) is 10.1. The molecule has 0 atom stereocenters. The van der Waals surface area contributed by atoms with Crippen LogP contribution >= 0.6 is 0 Å². The Labute approximate surface area is 138 Å². The third-order valence-electron chi connectivity index (χ3n) is 4.27. The highest BCUT2D eigenvalue weighted by Gasteiger charge is 2.23. The lowest BCUT2D eigenvalue weighted by molar-refractivity contribution is 0.1000. The van der Waals surface area contributed by atoms with Gasteiger partial charge in [0.05, 0.1) is 5.56 Å². The molecule has 0 bridgehead atoms. The molecule has 1 aromatic carbocycles. The average Bonchev–Trinajstić information content (AvgIpc) is 2.82. The number of carbonyl (C=O) groups is 1. The second-order valence-electron chi connectivity index (χ2n) is 5.87. The Morgan fingerprint density at radius 2 is 1.96 bits per heavy atom. The van der Waals surface area contributed by atoms with Crippen molar-refractivity contribution < 1.29 is 4.79 Å². The van der Waals surface area contributed by atoms with Gasteiger partial charge in [0.15, 0.2) is 0 Å². The number of hydrogen-bond acceptors (Lipinski definition) is 1. The highest BCUT2D eigenvalue weighted by molar-refractivity contribution is 6.02. The van der Waals surface area contributed by atoms with E-state index in [4.69, 9.17) is 5.73 Å². The molecule has 2 N–H and O–H groups in total. The molecule has 0 fully saturated rings. The maximum absolute atomic E-state index is 12.1. The van der Waals surface area contributed by atoms with Gasteiger partial charge in [-0.3, -0.25) is 4.79 Å². The van der Waals surface area contributed by atoms with Gasteiger partial charge in [-0.15, -0.1) is 6.58 Å². The fourth-order valence-electron chi connectivity index (χ4n) is 3.19. The zero-order chi connectivity index (χ0) is 16.8.